The molecule has 1 saturated heterocycles. The van der Waals surface area contributed by atoms with Crippen molar-refractivity contribution in [1.29, 1.82) is 0 Å². The minimum Gasteiger partial charge on any atom is -0.377 e. The van der Waals surface area contributed by atoms with Gasteiger partial charge in [-0.15, -0.1) is 11.3 Å². The topological polar surface area (TPSA) is 40.1 Å². The molecule has 0 spiro atoms. The Morgan fingerprint density at radius 1 is 1.35 bits per heavy atom. The minimum atomic E-state index is 0.773. The van der Waals surface area contributed by atoms with Crippen LogP contribution in [0.4, 0.5) is 5.00 Å². The van der Waals surface area contributed by atoms with Crippen molar-refractivity contribution in [2.24, 2.45) is 4.99 Å². The molecule has 6 heteroatoms. The van der Waals surface area contributed by atoms with E-state index in [-0.39, 0.29) is 0 Å². The van der Waals surface area contributed by atoms with Crippen molar-refractivity contribution in [3.8, 4) is 0 Å². The lowest BCUT2D eigenvalue weighted by Crippen LogP contribution is -2.52. The molecule has 2 aliphatic rings. The van der Waals surface area contributed by atoms with Crippen molar-refractivity contribution < 1.29 is 4.74 Å². The molecule has 3 heterocycles. The van der Waals surface area contributed by atoms with Gasteiger partial charge in [0.2, 0.25) is 0 Å². The third-order valence-corrected chi connectivity index (χ3v) is 5.32. The van der Waals surface area contributed by atoms with Gasteiger partial charge in [0.05, 0.1) is 18.2 Å². The molecule has 0 saturated carbocycles. The van der Waals surface area contributed by atoms with E-state index in [1.165, 1.54) is 10.6 Å². The number of rotatable bonds is 4. The first-order valence-electron chi connectivity index (χ1n) is 8.36. The minimum absolute atomic E-state index is 0.773. The number of hydrogen-bond acceptors (Lipinski definition) is 4. The van der Waals surface area contributed by atoms with Gasteiger partial charge >= 0.3 is 0 Å². The summed E-state index contributed by atoms with van der Waals surface area (Å²) >= 11 is 1.82. The Labute approximate surface area is 142 Å². The average molecular weight is 334 g/mol. The lowest BCUT2D eigenvalue weighted by molar-refractivity contribution is 0.153. The van der Waals surface area contributed by atoms with Crippen molar-refractivity contribution in [3.05, 3.63) is 29.2 Å². The Bertz CT molecular complexity index is 533. The summed E-state index contributed by atoms with van der Waals surface area (Å²) in [6.45, 7) is 6.75. The van der Waals surface area contributed by atoms with E-state index < -0.39 is 0 Å². The number of anilines is 1. The zero-order chi connectivity index (χ0) is 15.9. The van der Waals surface area contributed by atoms with Crippen LogP contribution in [0.2, 0.25) is 0 Å². The number of aliphatic imine (C=N–C) groups is 1. The number of thiophene rings is 1. The molecule has 1 N–H and O–H groups in total. The molecule has 0 aliphatic carbocycles. The van der Waals surface area contributed by atoms with Crippen molar-refractivity contribution in [3.63, 3.8) is 0 Å². The van der Waals surface area contributed by atoms with Gasteiger partial charge < -0.3 is 19.9 Å². The molecule has 3 rings (SSSR count). The third kappa shape index (κ3) is 4.48. The molecular formula is C17H26N4OS. The molecule has 0 radical (unpaired) electrons. The normalized spacial score (nSPS) is 19.7. The number of ether oxygens (including phenoxy) is 1. The summed E-state index contributed by atoms with van der Waals surface area (Å²) in [5.41, 5.74) is 1.50. The Hall–Kier alpha value is -1.53. The molecule has 1 fully saturated rings. The van der Waals surface area contributed by atoms with Crippen LogP contribution in [0, 0.1) is 0 Å². The quantitative estimate of drug-likeness (QED) is 0.520. The molecule has 1 aromatic heterocycles. The maximum Gasteiger partial charge on any atom is 0.193 e. The van der Waals surface area contributed by atoms with Crippen molar-refractivity contribution in [1.82, 2.24) is 10.2 Å². The van der Waals surface area contributed by atoms with Crippen LogP contribution in [0.15, 0.2) is 34.2 Å². The van der Waals surface area contributed by atoms with Crippen molar-refractivity contribution in [2.45, 2.75) is 12.8 Å². The van der Waals surface area contributed by atoms with Crippen molar-refractivity contribution >= 4 is 22.3 Å². The Kier molecular flexibility index (Phi) is 5.93. The summed E-state index contributed by atoms with van der Waals surface area (Å²) in [4.78, 5) is 9.28. The van der Waals surface area contributed by atoms with Gasteiger partial charge in [-0.1, -0.05) is 11.6 Å². The second-order valence-electron chi connectivity index (χ2n) is 5.84. The van der Waals surface area contributed by atoms with E-state index in [2.05, 4.69) is 43.7 Å². The van der Waals surface area contributed by atoms with Crippen LogP contribution in [0.3, 0.4) is 0 Å². The largest absolute Gasteiger partial charge is 0.377 e. The summed E-state index contributed by atoms with van der Waals surface area (Å²) in [5, 5.41) is 7.03. The maximum absolute atomic E-state index is 5.35. The van der Waals surface area contributed by atoms with Crippen LogP contribution in [0.25, 0.3) is 0 Å². The van der Waals surface area contributed by atoms with Crippen molar-refractivity contribution in [2.75, 3.05) is 57.9 Å². The highest BCUT2D eigenvalue weighted by Gasteiger charge is 2.20. The molecule has 1 aromatic rings. The second-order valence-corrected chi connectivity index (χ2v) is 6.76. The Morgan fingerprint density at radius 2 is 2.22 bits per heavy atom. The standard InChI is InChI=1S/C17H26N4OS/c1-18-17(19-7-4-15-5-12-22-13-6-15)21-10-8-20(9-11-21)16-3-2-14-23-16/h2-3,5,14H,4,6-13H2,1H3,(H,18,19). The Morgan fingerprint density at radius 3 is 2.87 bits per heavy atom. The highest BCUT2D eigenvalue weighted by Crippen LogP contribution is 2.22. The predicted molar refractivity (Wildman–Crippen MR) is 97.6 cm³/mol. The van der Waals surface area contributed by atoms with Gasteiger partial charge in [-0.05, 0) is 30.4 Å². The summed E-state index contributed by atoms with van der Waals surface area (Å²) in [7, 11) is 1.88. The third-order valence-electron chi connectivity index (χ3n) is 4.40. The molecule has 0 bridgehead atoms. The first-order valence-corrected chi connectivity index (χ1v) is 9.24. The van der Waals surface area contributed by atoms with E-state index in [1.807, 2.05) is 18.4 Å². The first kappa shape index (κ1) is 16.3. The van der Waals surface area contributed by atoms with E-state index >= 15 is 0 Å². The lowest BCUT2D eigenvalue weighted by atomic mass is 10.1. The van der Waals surface area contributed by atoms with Crippen LogP contribution >= 0.6 is 11.3 Å². The number of nitrogens with one attached hydrogen (secondary N) is 1. The van der Waals surface area contributed by atoms with Crippen LogP contribution < -0.4 is 10.2 Å². The summed E-state index contributed by atoms with van der Waals surface area (Å²) in [6, 6.07) is 4.33. The zero-order valence-corrected chi connectivity index (χ0v) is 14.6. The van der Waals surface area contributed by atoms with Gasteiger partial charge in [-0.3, -0.25) is 4.99 Å². The second kappa shape index (κ2) is 8.36. The molecule has 0 amide bonds. The highest BCUT2D eigenvalue weighted by molar-refractivity contribution is 7.14. The summed E-state index contributed by atoms with van der Waals surface area (Å²) in [5.74, 6) is 1.03. The maximum atomic E-state index is 5.35. The van der Waals surface area contributed by atoms with E-state index in [0.29, 0.717) is 0 Å². The number of piperazine rings is 1. The first-order chi connectivity index (χ1) is 11.4. The van der Waals surface area contributed by atoms with Gasteiger partial charge in [0.1, 0.15) is 0 Å². The molecule has 23 heavy (non-hydrogen) atoms. The summed E-state index contributed by atoms with van der Waals surface area (Å²) in [6.07, 6.45) is 4.37. The van der Waals surface area contributed by atoms with Gasteiger partial charge in [-0.25, -0.2) is 0 Å². The molecule has 5 nitrogen and oxygen atoms in total. The van der Waals surface area contributed by atoms with Gasteiger partial charge in [-0.2, -0.15) is 0 Å². The van der Waals surface area contributed by atoms with Crippen LogP contribution in [-0.2, 0) is 4.74 Å². The number of nitrogens with zero attached hydrogens (tertiary/aromatic N) is 3. The van der Waals surface area contributed by atoms with Crippen LogP contribution in [0.5, 0.6) is 0 Å². The monoisotopic (exact) mass is 334 g/mol. The smallest absolute Gasteiger partial charge is 0.193 e. The fraction of sp³-hybridized carbons (Fsp3) is 0.588. The predicted octanol–water partition coefficient (Wildman–Crippen LogP) is 2.18. The molecule has 0 atom stereocenters. The van der Waals surface area contributed by atoms with Crippen LogP contribution in [0.1, 0.15) is 12.8 Å². The number of hydrogen-bond donors (Lipinski definition) is 1. The summed E-state index contributed by atoms with van der Waals surface area (Å²) < 4.78 is 5.35. The highest BCUT2D eigenvalue weighted by atomic mass is 32.1. The number of guanidine groups is 1. The van der Waals surface area contributed by atoms with E-state index in [9.17, 15) is 0 Å². The zero-order valence-electron chi connectivity index (χ0n) is 13.8. The molecular weight excluding hydrogens is 308 g/mol. The fourth-order valence-electron chi connectivity index (χ4n) is 3.05. The van der Waals surface area contributed by atoms with Gasteiger partial charge in [0, 0.05) is 39.8 Å². The molecule has 2 aliphatic heterocycles. The fourth-order valence-corrected chi connectivity index (χ4v) is 3.83. The lowest BCUT2D eigenvalue weighted by Gasteiger charge is -2.37. The van der Waals surface area contributed by atoms with Crippen LogP contribution in [-0.4, -0.2) is 63.8 Å². The van der Waals surface area contributed by atoms with E-state index in [0.717, 1.165) is 64.7 Å². The van der Waals surface area contributed by atoms with E-state index in [1.54, 1.807) is 0 Å². The molecule has 0 unspecified atom stereocenters. The average Bonchev–Trinajstić information content (AvgIpc) is 3.15. The van der Waals surface area contributed by atoms with Gasteiger partial charge in [0.15, 0.2) is 5.96 Å². The SMILES string of the molecule is CN=C(NCCC1=CCOCC1)N1CCN(c2cccs2)CC1. The van der Waals surface area contributed by atoms with Gasteiger partial charge in [0.25, 0.3) is 0 Å². The van der Waals surface area contributed by atoms with E-state index in [4.69, 9.17) is 4.74 Å². The molecule has 126 valence electrons. The molecule has 0 aromatic carbocycles. The Balaban J connectivity index is 1.43.